The molecule has 0 aliphatic carbocycles. The Morgan fingerprint density at radius 1 is 1.15 bits per heavy atom. The van der Waals surface area contributed by atoms with Crippen molar-refractivity contribution in [2.45, 2.75) is 39.7 Å². The molecule has 2 aliphatic rings. The first-order chi connectivity index (χ1) is 15.9. The van der Waals surface area contributed by atoms with Crippen LogP contribution in [0.25, 0.3) is 0 Å². The average Bonchev–Trinajstić information content (AvgIpc) is 2.79. The molecular weight excluding hydrogens is 446 g/mol. The molecule has 2 heterocycles. The van der Waals surface area contributed by atoms with Crippen LogP contribution in [0.4, 0.5) is 4.79 Å². The van der Waals surface area contributed by atoms with Gasteiger partial charge in [0.15, 0.2) is 0 Å². The SMILES string of the molecule is CCOC(=O)C1=C(CN2CCCC(C(=O)OCC)C2)N(CC)C(=O)NC1c1ccccc1Cl. The van der Waals surface area contributed by atoms with E-state index in [-0.39, 0.29) is 24.5 Å². The van der Waals surface area contributed by atoms with E-state index in [2.05, 4.69) is 10.2 Å². The number of nitrogens with zero attached hydrogens (tertiary/aromatic N) is 2. The van der Waals surface area contributed by atoms with Gasteiger partial charge in [0, 0.05) is 30.4 Å². The molecule has 1 fully saturated rings. The lowest BCUT2D eigenvalue weighted by molar-refractivity contribution is -0.150. The van der Waals surface area contributed by atoms with Crippen LogP contribution in [0, 0.1) is 5.92 Å². The summed E-state index contributed by atoms with van der Waals surface area (Å²) in [4.78, 5) is 42.2. The Bertz CT molecular complexity index is 919. The Morgan fingerprint density at radius 3 is 2.55 bits per heavy atom. The number of hydrogen-bond acceptors (Lipinski definition) is 6. The van der Waals surface area contributed by atoms with Crippen molar-refractivity contribution in [2.24, 2.45) is 5.92 Å². The van der Waals surface area contributed by atoms with Gasteiger partial charge in [-0.1, -0.05) is 29.8 Å². The first-order valence-corrected chi connectivity index (χ1v) is 11.9. The number of halogens is 1. The van der Waals surface area contributed by atoms with Gasteiger partial charge in [0.2, 0.25) is 0 Å². The lowest BCUT2D eigenvalue weighted by Crippen LogP contribution is -2.52. The van der Waals surface area contributed by atoms with Gasteiger partial charge in [-0.3, -0.25) is 14.6 Å². The minimum Gasteiger partial charge on any atom is -0.466 e. The molecule has 1 N–H and O–H groups in total. The first kappa shape index (κ1) is 25.1. The Balaban J connectivity index is 2.02. The van der Waals surface area contributed by atoms with Crippen LogP contribution in [0.5, 0.6) is 0 Å². The van der Waals surface area contributed by atoms with E-state index in [1.807, 2.05) is 13.0 Å². The Kier molecular flexibility index (Phi) is 8.74. The standard InChI is InChI=1S/C24H32ClN3O5/c1-4-28-19(15-27-13-9-10-16(14-27)22(29)32-5-2)20(23(30)33-6-3)21(26-24(28)31)17-11-7-8-12-18(17)25/h7-8,11-12,16,21H,4-6,9-10,13-15H2,1-3H3,(H,26,31). The Hall–Kier alpha value is -2.58. The van der Waals surface area contributed by atoms with Gasteiger partial charge in [-0.25, -0.2) is 9.59 Å². The summed E-state index contributed by atoms with van der Waals surface area (Å²) in [5.41, 5.74) is 1.57. The highest BCUT2D eigenvalue weighted by Gasteiger charge is 2.39. The van der Waals surface area contributed by atoms with Crippen molar-refractivity contribution in [2.75, 3.05) is 39.4 Å². The van der Waals surface area contributed by atoms with E-state index in [9.17, 15) is 14.4 Å². The quantitative estimate of drug-likeness (QED) is 0.576. The largest absolute Gasteiger partial charge is 0.466 e. The number of benzene rings is 1. The van der Waals surface area contributed by atoms with Crippen LogP contribution in [0.2, 0.25) is 5.02 Å². The highest BCUT2D eigenvalue weighted by molar-refractivity contribution is 6.31. The van der Waals surface area contributed by atoms with Crippen LogP contribution >= 0.6 is 11.6 Å². The highest BCUT2D eigenvalue weighted by Crippen LogP contribution is 2.35. The molecule has 1 aromatic rings. The molecule has 1 aromatic carbocycles. The van der Waals surface area contributed by atoms with Crippen LogP contribution in [-0.2, 0) is 19.1 Å². The van der Waals surface area contributed by atoms with Crippen LogP contribution < -0.4 is 5.32 Å². The van der Waals surface area contributed by atoms with Gasteiger partial charge in [0.05, 0.1) is 30.7 Å². The Labute approximate surface area is 199 Å². The fourth-order valence-electron chi connectivity index (χ4n) is 4.46. The number of rotatable bonds is 8. The number of likely N-dealkylation sites (N-methyl/N-ethyl adjacent to an activating group) is 1. The number of esters is 2. The highest BCUT2D eigenvalue weighted by atomic mass is 35.5. The van der Waals surface area contributed by atoms with E-state index in [1.54, 1.807) is 36.9 Å². The third kappa shape index (κ3) is 5.68. The summed E-state index contributed by atoms with van der Waals surface area (Å²) in [6.07, 6.45) is 1.59. The molecule has 2 unspecified atom stereocenters. The number of likely N-dealkylation sites (tertiary alicyclic amines) is 1. The molecule has 33 heavy (non-hydrogen) atoms. The molecule has 1 saturated heterocycles. The molecule has 0 spiro atoms. The maximum absolute atomic E-state index is 13.2. The van der Waals surface area contributed by atoms with Gasteiger partial charge in [-0.15, -0.1) is 0 Å². The maximum Gasteiger partial charge on any atom is 0.338 e. The van der Waals surface area contributed by atoms with E-state index in [0.717, 1.165) is 19.4 Å². The zero-order valence-corrected chi connectivity index (χ0v) is 20.2. The summed E-state index contributed by atoms with van der Waals surface area (Å²) in [6, 6.07) is 6.11. The van der Waals surface area contributed by atoms with E-state index >= 15 is 0 Å². The number of carbonyl (C=O) groups excluding carboxylic acids is 3. The lowest BCUT2D eigenvalue weighted by atomic mass is 9.93. The summed E-state index contributed by atoms with van der Waals surface area (Å²) < 4.78 is 10.6. The van der Waals surface area contributed by atoms with Crippen molar-refractivity contribution in [1.29, 1.82) is 0 Å². The molecule has 2 atom stereocenters. The smallest absolute Gasteiger partial charge is 0.338 e. The van der Waals surface area contributed by atoms with Crippen molar-refractivity contribution >= 4 is 29.6 Å². The molecular formula is C24H32ClN3O5. The summed E-state index contributed by atoms with van der Waals surface area (Å²) in [6.45, 7) is 7.94. The van der Waals surface area contributed by atoms with Gasteiger partial charge in [0.25, 0.3) is 0 Å². The molecule has 2 amide bonds. The summed E-state index contributed by atoms with van der Waals surface area (Å²) in [5, 5.41) is 3.38. The van der Waals surface area contributed by atoms with Crippen molar-refractivity contribution in [3.8, 4) is 0 Å². The third-order valence-corrected chi connectivity index (χ3v) is 6.31. The maximum atomic E-state index is 13.2. The predicted molar refractivity (Wildman–Crippen MR) is 125 cm³/mol. The normalized spacial score (nSPS) is 21.6. The number of nitrogens with one attached hydrogen (secondary N) is 1. The second kappa shape index (κ2) is 11.5. The van der Waals surface area contributed by atoms with E-state index in [1.165, 1.54) is 0 Å². The minimum absolute atomic E-state index is 0.204. The van der Waals surface area contributed by atoms with E-state index < -0.39 is 12.0 Å². The number of urea groups is 1. The Morgan fingerprint density at radius 2 is 1.88 bits per heavy atom. The fourth-order valence-corrected chi connectivity index (χ4v) is 4.71. The third-order valence-electron chi connectivity index (χ3n) is 5.96. The summed E-state index contributed by atoms with van der Waals surface area (Å²) in [5.74, 6) is -0.920. The van der Waals surface area contributed by atoms with Crippen LogP contribution in [0.1, 0.15) is 45.2 Å². The summed E-state index contributed by atoms with van der Waals surface area (Å²) >= 11 is 6.44. The van der Waals surface area contributed by atoms with Crippen molar-refractivity contribution in [3.05, 3.63) is 46.1 Å². The fraction of sp³-hybridized carbons (Fsp3) is 0.542. The second-order valence-corrected chi connectivity index (χ2v) is 8.46. The van der Waals surface area contributed by atoms with Crippen molar-refractivity contribution in [1.82, 2.24) is 15.1 Å². The van der Waals surface area contributed by atoms with E-state index in [4.69, 9.17) is 21.1 Å². The van der Waals surface area contributed by atoms with Gasteiger partial charge in [-0.2, -0.15) is 0 Å². The molecule has 0 bridgehead atoms. The molecule has 180 valence electrons. The minimum atomic E-state index is -0.728. The van der Waals surface area contributed by atoms with Crippen LogP contribution in [0.3, 0.4) is 0 Å². The number of piperidine rings is 1. The molecule has 0 radical (unpaired) electrons. The molecule has 8 nitrogen and oxygen atoms in total. The zero-order chi connectivity index (χ0) is 24.0. The lowest BCUT2D eigenvalue weighted by Gasteiger charge is -2.39. The second-order valence-electron chi connectivity index (χ2n) is 8.06. The molecule has 0 saturated carbocycles. The molecule has 2 aliphatic heterocycles. The van der Waals surface area contributed by atoms with Gasteiger partial charge in [-0.05, 0) is 51.8 Å². The zero-order valence-electron chi connectivity index (χ0n) is 19.4. The van der Waals surface area contributed by atoms with Crippen LogP contribution in [0.15, 0.2) is 35.5 Å². The number of hydrogen-bond donors (Lipinski definition) is 1. The van der Waals surface area contributed by atoms with Gasteiger partial charge >= 0.3 is 18.0 Å². The topological polar surface area (TPSA) is 88.2 Å². The average molecular weight is 478 g/mol. The van der Waals surface area contributed by atoms with Gasteiger partial charge < -0.3 is 14.8 Å². The van der Waals surface area contributed by atoms with E-state index in [0.29, 0.717) is 48.1 Å². The van der Waals surface area contributed by atoms with Crippen LogP contribution in [-0.4, -0.2) is 67.2 Å². The van der Waals surface area contributed by atoms with Gasteiger partial charge in [0.1, 0.15) is 0 Å². The first-order valence-electron chi connectivity index (χ1n) is 11.5. The number of amides is 2. The number of carbonyl (C=O) groups is 3. The number of ether oxygens (including phenoxy) is 2. The monoisotopic (exact) mass is 477 g/mol. The van der Waals surface area contributed by atoms with Crippen molar-refractivity contribution < 1.29 is 23.9 Å². The summed E-state index contributed by atoms with van der Waals surface area (Å²) in [7, 11) is 0. The molecule has 9 heteroatoms. The molecule has 0 aromatic heterocycles. The van der Waals surface area contributed by atoms with Crippen molar-refractivity contribution in [3.63, 3.8) is 0 Å². The molecule has 3 rings (SSSR count). The predicted octanol–water partition coefficient (Wildman–Crippen LogP) is 3.52.